The second kappa shape index (κ2) is 8.14. The highest BCUT2D eigenvalue weighted by Crippen LogP contribution is 2.28. The normalized spacial score (nSPS) is 27.9. The molecule has 0 aliphatic carbocycles. The minimum atomic E-state index is -0.593. The van der Waals surface area contributed by atoms with Crippen LogP contribution >= 0.6 is 0 Å². The van der Waals surface area contributed by atoms with Crippen LogP contribution in [0.1, 0.15) is 60.3 Å². The maximum atomic E-state index is 12.2. The molecule has 1 saturated heterocycles. The van der Waals surface area contributed by atoms with Crippen molar-refractivity contribution in [2.24, 2.45) is 5.92 Å². The van der Waals surface area contributed by atoms with Crippen molar-refractivity contribution in [3.8, 4) is 0 Å². The van der Waals surface area contributed by atoms with Crippen molar-refractivity contribution in [3.63, 3.8) is 0 Å². The lowest BCUT2D eigenvalue weighted by Gasteiger charge is -2.44. The molecule has 1 rings (SSSR count). The summed E-state index contributed by atoms with van der Waals surface area (Å²) < 4.78 is 5.03. The molecule has 0 radical (unpaired) electrons. The molecule has 1 aliphatic rings. The van der Waals surface area contributed by atoms with Crippen molar-refractivity contribution in [1.29, 1.82) is 0 Å². The topological polar surface area (TPSA) is 41.6 Å². The number of carbonyl (C=O) groups is 1. The lowest BCUT2D eigenvalue weighted by Crippen LogP contribution is -2.56. The van der Waals surface area contributed by atoms with Crippen molar-refractivity contribution >= 4 is 5.97 Å². The van der Waals surface area contributed by atoms with Gasteiger partial charge in [0.1, 0.15) is 5.54 Å². The van der Waals surface area contributed by atoms with E-state index in [-0.39, 0.29) is 5.97 Å². The van der Waals surface area contributed by atoms with Gasteiger partial charge in [-0.1, -0.05) is 13.8 Å². The monoisotopic (exact) mass is 298 g/mol. The number of esters is 1. The summed E-state index contributed by atoms with van der Waals surface area (Å²) in [6, 6.07) is 0.957. The molecule has 21 heavy (non-hydrogen) atoms. The number of likely N-dealkylation sites (tertiary alicyclic amines) is 1. The van der Waals surface area contributed by atoms with Crippen LogP contribution in [0.15, 0.2) is 0 Å². The van der Waals surface area contributed by atoms with Crippen LogP contribution in [0.4, 0.5) is 0 Å². The fourth-order valence-corrected chi connectivity index (χ4v) is 3.55. The zero-order chi connectivity index (χ0) is 16.0. The Hall–Kier alpha value is -0.610. The number of hydrogen-bond donors (Lipinski definition) is 1. The van der Waals surface area contributed by atoms with Crippen LogP contribution in [-0.2, 0) is 9.53 Å². The zero-order valence-corrected chi connectivity index (χ0v) is 14.7. The van der Waals surface area contributed by atoms with Crippen LogP contribution < -0.4 is 5.32 Å². The smallest absolute Gasteiger partial charge is 0.325 e. The highest BCUT2D eigenvalue weighted by Gasteiger charge is 2.38. The molecule has 4 atom stereocenters. The average molecular weight is 298 g/mol. The van der Waals surface area contributed by atoms with Gasteiger partial charge in [-0.25, -0.2) is 0 Å². The van der Waals surface area contributed by atoms with Crippen LogP contribution in [-0.4, -0.2) is 48.7 Å². The summed E-state index contributed by atoms with van der Waals surface area (Å²) in [6.07, 6.45) is 4.37. The summed E-state index contributed by atoms with van der Waals surface area (Å²) >= 11 is 0. The summed E-state index contributed by atoms with van der Waals surface area (Å²) in [7, 11) is 1.48. The third kappa shape index (κ3) is 4.68. The van der Waals surface area contributed by atoms with Crippen LogP contribution in [0, 0.1) is 5.92 Å². The Morgan fingerprint density at radius 3 is 2.71 bits per heavy atom. The van der Waals surface area contributed by atoms with Crippen molar-refractivity contribution in [3.05, 3.63) is 0 Å². The van der Waals surface area contributed by atoms with E-state index in [2.05, 4.69) is 37.9 Å². The van der Waals surface area contributed by atoms with E-state index in [1.807, 2.05) is 6.92 Å². The second-order valence-corrected chi connectivity index (χ2v) is 6.90. The first-order valence-electron chi connectivity index (χ1n) is 8.45. The molecule has 4 unspecified atom stereocenters. The molecule has 1 heterocycles. The molecule has 124 valence electrons. The number of nitrogens with zero attached hydrogens (tertiary/aromatic N) is 1. The van der Waals surface area contributed by atoms with Gasteiger partial charge in [-0.15, -0.1) is 0 Å². The molecule has 1 aliphatic heterocycles. The van der Waals surface area contributed by atoms with Crippen LogP contribution in [0.25, 0.3) is 0 Å². The molecule has 0 amide bonds. The Bertz CT molecular complexity index is 335. The summed E-state index contributed by atoms with van der Waals surface area (Å²) in [5, 5.41) is 3.39. The summed E-state index contributed by atoms with van der Waals surface area (Å²) in [5.41, 5.74) is -0.593. The first-order valence-corrected chi connectivity index (χ1v) is 8.45. The van der Waals surface area contributed by atoms with Gasteiger partial charge in [-0.05, 0) is 65.5 Å². The minimum absolute atomic E-state index is 0.152. The van der Waals surface area contributed by atoms with E-state index in [4.69, 9.17) is 4.74 Å². The Kier molecular flexibility index (Phi) is 7.14. The molecule has 0 aromatic rings. The summed E-state index contributed by atoms with van der Waals surface area (Å²) in [4.78, 5) is 14.8. The number of hydrogen-bond acceptors (Lipinski definition) is 4. The van der Waals surface area contributed by atoms with Crippen LogP contribution in [0.2, 0.25) is 0 Å². The van der Waals surface area contributed by atoms with E-state index in [0.29, 0.717) is 12.1 Å². The quantitative estimate of drug-likeness (QED) is 0.734. The van der Waals surface area contributed by atoms with Crippen LogP contribution in [0.3, 0.4) is 0 Å². The van der Waals surface area contributed by atoms with Crippen molar-refractivity contribution in [2.75, 3.05) is 20.2 Å². The highest BCUT2D eigenvalue weighted by molar-refractivity contribution is 5.80. The van der Waals surface area contributed by atoms with Gasteiger partial charge in [-0.2, -0.15) is 0 Å². The Balaban J connectivity index is 2.75. The second-order valence-electron chi connectivity index (χ2n) is 6.90. The van der Waals surface area contributed by atoms with E-state index in [1.165, 1.54) is 20.0 Å². The van der Waals surface area contributed by atoms with Crippen molar-refractivity contribution in [2.45, 2.75) is 77.9 Å². The van der Waals surface area contributed by atoms with E-state index in [1.54, 1.807) is 0 Å². The van der Waals surface area contributed by atoms with Gasteiger partial charge in [0.05, 0.1) is 7.11 Å². The number of nitrogens with one attached hydrogen (secondary N) is 1. The SMILES string of the molecule is CCCNC(C)(CC(C)N1CCCC(C)C1C)C(=O)OC. The predicted octanol–water partition coefficient (Wildman–Crippen LogP) is 2.82. The molecule has 1 fully saturated rings. The molecule has 0 spiro atoms. The lowest BCUT2D eigenvalue weighted by molar-refractivity contribution is -0.149. The van der Waals surface area contributed by atoms with E-state index < -0.39 is 5.54 Å². The maximum Gasteiger partial charge on any atom is 0.325 e. The third-order valence-electron chi connectivity index (χ3n) is 5.09. The van der Waals surface area contributed by atoms with Gasteiger partial charge in [0.25, 0.3) is 0 Å². The van der Waals surface area contributed by atoms with Gasteiger partial charge in [0, 0.05) is 12.1 Å². The van der Waals surface area contributed by atoms with E-state index in [9.17, 15) is 4.79 Å². The molecular weight excluding hydrogens is 264 g/mol. The fraction of sp³-hybridized carbons (Fsp3) is 0.941. The van der Waals surface area contributed by atoms with E-state index >= 15 is 0 Å². The molecule has 0 saturated carbocycles. The predicted molar refractivity (Wildman–Crippen MR) is 87.4 cm³/mol. The molecule has 4 nitrogen and oxygen atoms in total. The molecule has 0 bridgehead atoms. The first-order chi connectivity index (χ1) is 9.85. The molecular formula is C17H34N2O2. The minimum Gasteiger partial charge on any atom is -0.468 e. The maximum absolute atomic E-state index is 12.2. The van der Waals surface area contributed by atoms with Crippen molar-refractivity contribution in [1.82, 2.24) is 10.2 Å². The Labute approximate surface area is 130 Å². The number of carbonyl (C=O) groups excluding carboxylic acids is 1. The van der Waals surface area contributed by atoms with Gasteiger partial charge >= 0.3 is 5.97 Å². The molecule has 1 N–H and O–H groups in total. The molecule has 0 aromatic carbocycles. The number of ether oxygens (including phenoxy) is 1. The average Bonchev–Trinajstić information content (AvgIpc) is 2.46. The van der Waals surface area contributed by atoms with Gasteiger partial charge < -0.3 is 10.1 Å². The fourth-order valence-electron chi connectivity index (χ4n) is 3.55. The molecule has 4 heteroatoms. The standard InChI is InChI=1S/C17H34N2O2/c1-7-10-18-17(5,16(20)21-6)12-14(3)19-11-8-9-13(2)15(19)4/h13-15,18H,7-12H2,1-6H3. The number of methoxy groups -OCH3 is 1. The van der Waals surface area contributed by atoms with E-state index in [0.717, 1.165) is 31.8 Å². The largest absolute Gasteiger partial charge is 0.468 e. The molecule has 0 aromatic heterocycles. The first kappa shape index (κ1) is 18.4. The zero-order valence-electron chi connectivity index (χ0n) is 14.7. The van der Waals surface area contributed by atoms with Gasteiger partial charge in [0.2, 0.25) is 0 Å². The number of rotatable bonds is 7. The summed E-state index contributed by atoms with van der Waals surface area (Å²) in [5.74, 6) is 0.578. The number of piperidine rings is 1. The summed E-state index contributed by atoms with van der Waals surface area (Å²) in [6.45, 7) is 12.9. The van der Waals surface area contributed by atoms with Crippen LogP contribution in [0.5, 0.6) is 0 Å². The van der Waals surface area contributed by atoms with Crippen molar-refractivity contribution < 1.29 is 9.53 Å². The highest BCUT2D eigenvalue weighted by atomic mass is 16.5. The van der Waals surface area contributed by atoms with Gasteiger partial charge in [0.15, 0.2) is 0 Å². The Morgan fingerprint density at radius 2 is 2.14 bits per heavy atom. The lowest BCUT2D eigenvalue weighted by atomic mass is 9.87. The third-order valence-corrected chi connectivity index (χ3v) is 5.09. The Morgan fingerprint density at radius 1 is 1.48 bits per heavy atom. The van der Waals surface area contributed by atoms with Gasteiger partial charge in [-0.3, -0.25) is 9.69 Å².